The van der Waals surface area contributed by atoms with Crippen LogP contribution in [0.25, 0.3) is 0 Å². The summed E-state index contributed by atoms with van der Waals surface area (Å²) in [7, 11) is 1.91. The van der Waals surface area contributed by atoms with Crippen molar-refractivity contribution in [2.24, 2.45) is 7.05 Å². The lowest BCUT2D eigenvalue weighted by Crippen LogP contribution is -2.23. The fraction of sp³-hybridized carbons (Fsp3) is 0.882. The van der Waals surface area contributed by atoms with Crippen LogP contribution in [0.15, 0.2) is 6.20 Å². The van der Waals surface area contributed by atoms with Crippen LogP contribution < -0.4 is 0 Å². The van der Waals surface area contributed by atoms with E-state index in [-0.39, 0.29) is 5.41 Å². The third-order valence-corrected chi connectivity index (χ3v) is 4.38. The van der Waals surface area contributed by atoms with E-state index < -0.39 is 0 Å². The summed E-state index contributed by atoms with van der Waals surface area (Å²) >= 11 is 0. The maximum atomic E-state index is 4.59. The summed E-state index contributed by atoms with van der Waals surface area (Å²) < 4.78 is 0. The van der Waals surface area contributed by atoms with Gasteiger partial charge in [-0.2, -0.15) is 15.0 Å². The molecule has 1 aromatic rings. The van der Waals surface area contributed by atoms with Crippen LogP contribution in [0.5, 0.6) is 0 Å². The number of aryl methyl sites for hydroxylation is 1. The zero-order valence-electron chi connectivity index (χ0n) is 14.0. The number of aromatic nitrogens is 3. The monoisotopic (exact) mass is 279 g/mol. The average molecular weight is 279 g/mol. The van der Waals surface area contributed by atoms with E-state index in [1.807, 2.05) is 13.2 Å². The van der Waals surface area contributed by atoms with Gasteiger partial charge in [-0.05, 0) is 12.8 Å². The lowest BCUT2D eigenvalue weighted by Gasteiger charge is -2.27. The summed E-state index contributed by atoms with van der Waals surface area (Å²) in [5, 5.41) is 8.86. The lowest BCUT2D eigenvalue weighted by molar-refractivity contribution is 0.352. The molecule has 0 aliphatic carbocycles. The van der Waals surface area contributed by atoms with Crippen LogP contribution in [0.3, 0.4) is 0 Å². The minimum atomic E-state index is 0.218. The van der Waals surface area contributed by atoms with Gasteiger partial charge in [-0.25, -0.2) is 0 Å². The highest BCUT2D eigenvalue weighted by atomic mass is 15.4. The molecule has 0 unspecified atom stereocenters. The Labute approximate surface area is 125 Å². The van der Waals surface area contributed by atoms with Crippen LogP contribution in [0.4, 0.5) is 0 Å². The fourth-order valence-corrected chi connectivity index (χ4v) is 2.89. The Hall–Kier alpha value is -0.860. The molecule has 0 bridgehead atoms. The van der Waals surface area contributed by atoms with Crippen molar-refractivity contribution in [3.63, 3.8) is 0 Å². The maximum Gasteiger partial charge on any atom is 0.0885 e. The van der Waals surface area contributed by atoms with Crippen molar-refractivity contribution in [3.05, 3.63) is 11.9 Å². The molecule has 20 heavy (non-hydrogen) atoms. The number of hydrogen-bond acceptors (Lipinski definition) is 2. The Morgan fingerprint density at radius 2 is 1.50 bits per heavy atom. The Morgan fingerprint density at radius 3 is 1.90 bits per heavy atom. The second kappa shape index (κ2) is 9.15. The quantitative estimate of drug-likeness (QED) is 0.533. The van der Waals surface area contributed by atoms with Crippen molar-refractivity contribution in [1.29, 1.82) is 0 Å². The van der Waals surface area contributed by atoms with Crippen LogP contribution >= 0.6 is 0 Å². The first-order valence-corrected chi connectivity index (χ1v) is 8.49. The SMILES string of the molecule is CCCCCCC(C)(CCCCCC)c1cnn(C)n1. The van der Waals surface area contributed by atoms with E-state index in [0.29, 0.717) is 0 Å². The zero-order valence-corrected chi connectivity index (χ0v) is 14.0. The van der Waals surface area contributed by atoms with Crippen molar-refractivity contribution in [2.45, 2.75) is 90.4 Å². The van der Waals surface area contributed by atoms with Gasteiger partial charge >= 0.3 is 0 Å². The number of rotatable bonds is 11. The molecular weight excluding hydrogens is 246 g/mol. The number of nitrogens with zero attached hydrogens (tertiary/aromatic N) is 3. The van der Waals surface area contributed by atoms with E-state index in [4.69, 9.17) is 0 Å². The number of unbranched alkanes of at least 4 members (excludes halogenated alkanes) is 6. The van der Waals surface area contributed by atoms with E-state index in [9.17, 15) is 0 Å². The van der Waals surface area contributed by atoms with E-state index >= 15 is 0 Å². The highest BCUT2D eigenvalue weighted by Crippen LogP contribution is 2.34. The van der Waals surface area contributed by atoms with Gasteiger partial charge in [0.05, 0.1) is 11.9 Å². The first kappa shape index (κ1) is 17.2. The van der Waals surface area contributed by atoms with E-state index in [2.05, 4.69) is 31.0 Å². The fourth-order valence-electron chi connectivity index (χ4n) is 2.89. The minimum Gasteiger partial charge on any atom is -0.188 e. The summed E-state index contributed by atoms with van der Waals surface area (Å²) in [4.78, 5) is 1.70. The van der Waals surface area contributed by atoms with E-state index in [1.165, 1.54) is 69.9 Å². The van der Waals surface area contributed by atoms with Crippen LogP contribution in [-0.4, -0.2) is 15.0 Å². The minimum absolute atomic E-state index is 0.218. The van der Waals surface area contributed by atoms with Gasteiger partial charge in [0.25, 0.3) is 0 Å². The van der Waals surface area contributed by atoms with Gasteiger partial charge in [-0.3, -0.25) is 0 Å². The maximum absolute atomic E-state index is 4.59. The predicted octanol–water partition coefficient (Wildman–Crippen LogP) is 5.01. The van der Waals surface area contributed by atoms with E-state index in [0.717, 1.165) is 0 Å². The van der Waals surface area contributed by atoms with Crippen molar-refractivity contribution in [3.8, 4) is 0 Å². The molecule has 0 N–H and O–H groups in total. The second-order valence-corrected chi connectivity index (χ2v) is 6.40. The van der Waals surface area contributed by atoms with Crippen LogP contribution in [0, 0.1) is 0 Å². The summed E-state index contributed by atoms with van der Waals surface area (Å²) in [6.07, 6.45) is 15.1. The molecule has 0 aliphatic heterocycles. The first-order chi connectivity index (χ1) is 9.62. The first-order valence-electron chi connectivity index (χ1n) is 8.49. The van der Waals surface area contributed by atoms with Crippen molar-refractivity contribution in [2.75, 3.05) is 0 Å². The number of hydrogen-bond donors (Lipinski definition) is 0. The smallest absolute Gasteiger partial charge is 0.0885 e. The molecule has 0 aliphatic rings. The average Bonchev–Trinajstić information content (AvgIpc) is 2.87. The normalized spacial score (nSPS) is 12.0. The molecule has 1 heterocycles. The highest BCUT2D eigenvalue weighted by Gasteiger charge is 2.28. The Kier molecular flexibility index (Phi) is 7.86. The zero-order chi connectivity index (χ0) is 14.8. The Morgan fingerprint density at radius 1 is 0.950 bits per heavy atom. The van der Waals surface area contributed by atoms with E-state index in [1.54, 1.807) is 4.80 Å². The van der Waals surface area contributed by atoms with Gasteiger partial charge in [-0.1, -0.05) is 72.1 Å². The second-order valence-electron chi connectivity index (χ2n) is 6.40. The molecule has 0 aromatic carbocycles. The molecule has 0 saturated carbocycles. The molecular formula is C17H33N3. The summed E-state index contributed by atoms with van der Waals surface area (Å²) in [5.41, 5.74) is 1.41. The molecule has 1 aromatic heterocycles. The lowest BCUT2D eigenvalue weighted by atomic mass is 9.77. The van der Waals surface area contributed by atoms with Crippen LogP contribution in [-0.2, 0) is 12.5 Å². The van der Waals surface area contributed by atoms with Gasteiger partial charge in [-0.15, -0.1) is 0 Å². The molecule has 0 amide bonds. The van der Waals surface area contributed by atoms with Gasteiger partial charge in [0.15, 0.2) is 0 Å². The third-order valence-electron chi connectivity index (χ3n) is 4.38. The molecule has 0 radical (unpaired) electrons. The molecule has 0 fully saturated rings. The third kappa shape index (κ3) is 5.64. The van der Waals surface area contributed by atoms with Crippen molar-refractivity contribution < 1.29 is 0 Å². The molecule has 3 nitrogen and oxygen atoms in total. The largest absolute Gasteiger partial charge is 0.188 e. The molecule has 0 atom stereocenters. The van der Waals surface area contributed by atoms with Gasteiger partial charge in [0.2, 0.25) is 0 Å². The van der Waals surface area contributed by atoms with Crippen molar-refractivity contribution >= 4 is 0 Å². The molecule has 0 spiro atoms. The predicted molar refractivity (Wildman–Crippen MR) is 85.9 cm³/mol. The van der Waals surface area contributed by atoms with Crippen molar-refractivity contribution in [1.82, 2.24) is 15.0 Å². The highest BCUT2D eigenvalue weighted by molar-refractivity contribution is 5.10. The van der Waals surface area contributed by atoms with Gasteiger partial charge in [0, 0.05) is 12.5 Å². The Balaban J connectivity index is 2.57. The summed E-state index contributed by atoms with van der Waals surface area (Å²) in [6, 6.07) is 0. The van der Waals surface area contributed by atoms with Crippen LogP contribution in [0.1, 0.15) is 90.7 Å². The van der Waals surface area contributed by atoms with Crippen LogP contribution in [0.2, 0.25) is 0 Å². The summed E-state index contributed by atoms with van der Waals surface area (Å²) in [6.45, 7) is 6.92. The topological polar surface area (TPSA) is 30.7 Å². The molecule has 0 saturated heterocycles. The summed E-state index contributed by atoms with van der Waals surface area (Å²) in [5.74, 6) is 0. The molecule has 1 rings (SSSR count). The standard InChI is InChI=1S/C17H33N3/c1-5-7-9-11-13-17(3,14-12-10-8-6-2)16-15-18-20(4)19-16/h15H,5-14H2,1-4H3. The van der Waals surface area contributed by atoms with Gasteiger partial charge < -0.3 is 0 Å². The van der Waals surface area contributed by atoms with Gasteiger partial charge in [0.1, 0.15) is 0 Å². The molecule has 3 heteroatoms. The molecule has 116 valence electrons. The Bertz CT molecular complexity index is 345.